The summed E-state index contributed by atoms with van der Waals surface area (Å²) in [5.74, 6) is 0.117. The first-order chi connectivity index (χ1) is 13.5. The summed E-state index contributed by atoms with van der Waals surface area (Å²) < 4.78 is 7.76. The summed E-state index contributed by atoms with van der Waals surface area (Å²) >= 11 is 6.46. The highest BCUT2D eigenvalue weighted by Crippen LogP contribution is 2.33. The number of nitrogens with one attached hydrogen (secondary N) is 1. The van der Waals surface area contributed by atoms with Gasteiger partial charge in [-0.05, 0) is 50.2 Å². The molecule has 1 aromatic carbocycles. The van der Waals surface area contributed by atoms with Crippen molar-refractivity contribution in [2.75, 3.05) is 25.5 Å². The zero-order valence-corrected chi connectivity index (χ0v) is 16.3. The number of aromatic nitrogens is 2. The Hall–Kier alpha value is -2.77. The Bertz CT molecular complexity index is 1010. The normalized spacial score (nSPS) is 15.6. The number of fused-ring (bicyclic) bond motifs is 1. The molecule has 0 bridgehead atoms. The predicted octanol–water partition coefficient (Wildman–Crippen LogP) is 3.30. The number of nitrogens with zero attached hydrogens (tertiary/aromatic N) is 3. The molecule has 7 nitrogen and oxygen atoms in total. The molecule has 28 heavy (non-hydrogen) atoms. The minimum Gasteiger partial charge on any atom is -0.489 e. The molecule has 0 unspecified atom stereocenters. The van der Waals surface area contributed by atoms with Gasteiger partial charge in [-0.15, -0.1) is 0 Å². The molecule has 1 saturated heterocycles. The van der Waals surface area contributed by atoms with Crippen LogP contribution in [0.1, 0.15) is 23.2 Å². The molecule has 146 valence electrons. The summed E-state index contributed by atoms with van der Waals surface area (Å²) in [6.07, 6.45) is 5.40. The molecule has 8 heteroatoms. The number of primary amides is 1. The van der Waals surface area contributed by atoms with Gasteiger partial charge in [0.15, 0.2) is 0 Å². The van der Waals surface area contributed by atoms with Crippen molar-refractivity contribution in [1.82, 2.24) is 14.5 Å². The smallest absolute Gasteiger partial charge is 0.252 e. The third-order valence-corrected chi connectivity index (χ3v) is 5.29. The summed E-state index contributed by atoms with van der Waals surface area (Å²) in [6.45, 7) is 2.04. The van der Waals surface area contributed by atoms with Gasteiger partial charge in [-0.3, -0.25) is 4.79 Å². The van der Waals surface area contributed by atoms with Crippen LogP contribution in [0.2, 0.25) is 5.02 Å². The maximum absolute atomic E-state index is 11.8. The van der Waals surface area contributed by atoms with Gasteiger partial charge in [0.25, 0.3) is 5.91 Å². The third-order valence-electron chi connectivity index (χ3n) is 4.99. The molecule has 0 atom stereocenters. The molecule has 1 amide bonds. The average molecular weight is 400 g/mol. The SMILES string of the molecule is CN1CCC(Oc2ccc(Nc3c(C(N)=O)cnn4cccc34)cc2Cl)CC1. The van der Waals surface area contributed by atoms with Gasteiger partial charge >= 0.3 is 0 Å². The van der Waals surface area contributed by atoms with Crippen LogP contribution in [0.3, 0.4) is 0 Å². The molecule has 1 aliphatic heterocycles. The number of amides is 1. The van der Waals surface area contributed by atoms with E-state index in [-0.39, 0.29) is 6.10 Å². The lowest BCUT2D eigenvalue weighted by atomic mass is 10.1. The number of likely N-dealkylation sites (tertiary alicyclic amines) is 1. The molecular formula is C20H22ClN5O2. The van der Waals surface area contributed by atoms with Crippen LogP contribution >= 0.6 is 11.6 Å². The monoisotopic (exact) mass is 399 g/mol. The number of hydrogen-bond donors (Lipinski definition) is 2. The van der Waals surface area contributed by atoms with E-state index in [2.05, 4.69) is 22.4 Å². The molecule has 3 aromatic rings. The van der Waals surface area contributed by atoms with Crippen LogP contribution in [0, 0.1) is 0 Å². The molecule has 0 saturated carbocycles. The van der Waals surface area contributed by atoms with Gasteiger partial charge in [0.05, 0.1) is 28.0 Å². The van der Waals surface area contributed by atoms with Gasteiger partial charge in [0.1, 0.15) is 11.9 Å². The number of carbonyl (C=O) groups excluding carboxylic acids is 1. The molecular weight excluding hydrogens is 378 g/mol. The molecule has 1 aliphatic rings. The highest BCUT2D eigenvalue weighted by atomic mass is 35.5. The molecule has 4 rings (SSSR count). The van der Waals surface area contributed by atoms with Crippen molar-refractivity contribution in [3.63, 3.8) is 0 Å². The molecule has 3 heterocycles. The van der Waals surface area contributed by atoms with Crippen molar-refractivity contribution in [2.45, 2.75) is 18.9 Å². The fourth-order valence-electron chi connectivity index (χ4n) is 3.41. The number of nitrogens with two attached hydrogens (primary N) is 1. The number of piperidine rings is 1. The zero-order chi connectivity index (χ0) is 19.7. The van der Waals surface area contributed by atoms with Crippen LogP contribution in [-0.4, -0.2) is 46.7 Å². The van der Waals surface area contributed by atoms with Crippen molar-refractivity contribution in [3.05, 3.63) is 53.3 Å². The molecule has 0 aliphatic carbocycles. The number of rotatable bonds is 5. The average Bonchev–Trinajstić information content (AvgIpc) is 3.15. The van der Waals surface area contributed by atoms with E-state index >= 15 is 0 Å². The quantitative estimate of drug-likeness (QED) is 0.687. The fourth-order valence-corrected chi connectivity index (χ4v) is 3.64. The standard InChI is InChI=1S/C20H22ClN5O2/c1-25-9-6-14(7-10-25)28-18-5-4-13(11-16(18)21)24-19-15(20(22)27)12-23-26-8-2-3-17(19)26/h2-5,8,11-12,14,24H,6-7,9-10H2,1H3,(H2,22,27). The van der Waals surface area contributed by atoms with E-state index in [1.54, 1.807) is 16.8 Å². The first-order valence-corrected chi connectivity index (χ1v) is 9.57. The first kappa shape index (κ1) is 18.6. The van der Waals surface area contributed by atoms with E-state index in [9.17, 15) is 4.79 Å². The summed E-state index contributed by atoms with van der Waals surface area (Å²) in [5.41, 5.74) is 7.91. The summed E-state index contributed by atoms with van der Waals surface area (Å²) in [4.78, 5) is 14.1. The van der Waals surface area contributed by atoms with Gasteiger partial charge in [-0.25, -0.2) is 4.52 Å². The Morgan fingerprint density at radius 1 is 1.32 bits per heavy atom. The second-order valence-electron chi connectivity index (χ2n) is 7.03. The molecule has 0 spiro atoms. The van der Waals surface area contributed by atoms with Crippen molar-refractivity contribution in [2.24, 2.45) is 5.73 Å². The third kappa shape index (κ3) is 3.76. The van der Waals surface area contributed by atoms with Crippen LogP contribution in [0.4, 0.5) is 11.4 Å². The first-order valence-electron chi connectivity index (χ1n) is 9.19. The molecule has 1 fully saturated rings. The molecule has 0 radical (unpaired) electrons. The fraction of sp³-hybridized carbons (Fsp3) is 0.300. The number of carbonyl (C=O) groups is 1. The van der Waals surface area contributed by atoms with Gasteiger partial charge < -0.3 is 20.7 Å². The van der Waals surface area contributed by atoms with Crippen LogP contribution in [0.25, 0.3) is 5.52 Å². The molecule has 3 N–H and O–H groups in total. The van der Waals surface area contributed by atoms with Crippen molar-refractivity contribution in [3.8, 4) is 5.75 Å². The van der Waals surface area contributed by atoms with E-state index in [0.717, 1.165) is 37.1 Å². The molecule has 2 aromatic heterocycles. The summed E-state index contributed by atoms with van der Waals surface area (Å²) in [7, 11) is 2.12. The van der Waals surface area contributed by atoms with Crippen molar-refractivity contribution >= 4 is 34.4 Å². The Balaban J connectivity index is 1.57. The Morgan fingerprint density at radius 2 is 2.11 bits per heavy atom. The highest BCUT2D eigenvalue weighted by Gasteiger charge is 2.19. The van der Waals surface area contributed by atoms with Crippen LogP contribution in [0.5, 0.6) is 5.75 Å². The zero-order valence-electron chi connectivity index (χ0n) is 15.6. The minimum absolute atomic E-state index is 0.175. The second kappa shape index (κ2) is 7.69. The van der Waals surface area contributed by atoms with Gasteiger partial charge in [0.2, 0.25) is 0 Å². The van der Waals surface area contributed by atoms with E-state index in [1.807, 2.05) is 24.3 Å². The Labute approximate surface area is 168 Å². The predicted molar refractivity (Wildman–Crippen MR) is 110 cm³/mol. The van der Waals surface area contributed by atoms with Gasteiger partial charge in [-0.1, -0.05) is 11.6 Å². The van der Waals surface area contributed by atoms with E-state index in [4.69, 9.17) is 22.1 Å². The topological polar surface area (TPSA) is 84.9 Å². The van der Waals surface area contributed by atoms with Crippen LogP contribution in [-0.2, 0) is 0 Å². The lowest BCUT2D eigenvalue weighted by Gasteiger charge is -2.29. The van der Waals surface area contributed by atoms with Crippen LogP contribution in [0.15, 0.2) is 42.7 Å². The summed E-state index contributed by atoms with van der Waals surface area (Å²) in [6, 6.07) is 9.23. The largest absolute Gasteiger partial charge is 0.489 e. The number of halogens is 1. The lowest BCUT2D eigenvalue weighted by molar-refractivity contribution is 0.100. The van der Waals surface area contributed by atoms with Crippen molar-refractivity contribution < 1.29 is 9.53 Å². The second-order valence-corrected chi connectivity index (χ2v) is 7.43. The minimum atomic E-state index is -0.549. The van der Waals surface area contributed by atoms with Gasteiger partial charge in [-0.2, -0.15) is 5.10 Å². The van der Waals surface area contributed by atoms with Gasteiger partial charge in [0, 0.05) is 25.0 Å². The number of benzene rings is 1. The van der Waals surface area contributed by atoms with E-state index < -0.39 is 5.91 Å². The maximum Gasteiger partial charge on any atom is 0.252 e. The Morgan fingerprint density at radius 3 is 2.82 bits per heavy atom. The number of hydrogen-bond acceptors (Lipinski definition) is 5. The van der Waals surface area contributed by atoms with Crippen molar-refractivity contribution in [1.29, 1.82) is 0 Å². The summed E-state index contributed by atoms with van der Waals surface area (Å²) in [5, 5.41) is 7.96. The lowest BCUT2D eigenvalue weighted by Crippen LogP contribution is -2.35. The Kier molecular flexibility index (Phi) is 5.11. The van der Waals surface area contributed by atoms with Crippen LogP contribution < -0.4 is 15.8 Å². The highest BCUT2D eigenvalue weighted by molar-refractivity contribution is 6.32. The van der Waals surface area contributed by atoms with E-state index in [0.29, 0.717) is 22.0 Å². The maximum atomic E-state index is 11.8. The number of anilines is 2. The van der Waals surface area contributed by atoms with E-state index in [1.165, 1.54) is 6.20 Å². The number of ether oxygens (including phenoxy) is 1.